The summed E-state index contributed by atoms with van der Waals surface area (Å²) in [5.74, 6) is 5.87. The van der Waals surface area contributed by atoms with Crippen molar-refractivity contribution in [3.05, 3.63) is 71.3 Å². The van der Waals surface area contributed by atoms with E-state index in [-0.39, 0.29) is 5.41 Å². The Morgan fingerprint density at radius 1 is 0.900 bits per heavy atom. The van der Waals surface area contributed by atoms with Crippen molar-refractivity contribution in [3.8, 4) is 11.8 Å². The van der Waals surface area contributed by atoms with Crippen molar-refractivity contribution in [3.63, 3.8) is 0 Å². The first-order valence-corrected chi connectivity index (χ1v) is 6.82. The second-order valence-corrected chi connectivity index (χ2v) is 5.91. The molecular formula is C19H20O. The monoisotopic (exact) mass is 264 g/mol. The summed E-state index contributed by atoms with van der Waals surface area (Å²) in [6.07, 6.45) is -0.746. The fraction of sp³-hybridized carbons (Fsp3) is 0.263. The Kier molecular flexibility index (Phi) is 4.27. The van der Waals surface area contributed by atoms with Gasteiger partial charge in [-0.05, 0) is 28.7 Å². The summed E-state index contributed by atoms with van der Waals surface area (Å²) in [4.78, 5) is 0. The van der Waals surface area contributed by atoms with Gasteiger partial charge in [-0.3, -0.25) is 0 Å². The quantitative estimate of drug-likeness (QED) is 0.770. The molecule has 0 bridgehead atoms. The van der Waals surface area contributed by atoms with Crippen LogP contribution in [0.15, 0.2) is 54.6 Å². The molecular weight excluding hydrogens is 244 g/mol. The van der Waals surface area contributed by atoms with Crippen molar-refractivity contribution >= 4 is 0 Å². The highest BCUT2D eigenvalue weighted by Crippen LogP contribution is 2.23. The van der Waals surface area contributed by atoms with E-state index >= 15 is 0 Å². The molecule has 0 aliphatic rings. The van der Waals surface area contributed by atoms with E-state index in [2.05, 4.69) is 44.7 Å². The molecule has 20 heavy (non-hydrogen) atoms. The molecule has 0 radical (unpaired) electrons. The third kappa shape index (κ3) is 3.73. The van der Waals surface area contributed by atoms with E-state index in [1.165, 1.54) is 5.56 Å². The predicted octanol–water partition coefficient (Wildman–Crippen LogP) is 4.07. The number of benzene rings is 2. The number of hydrogen-bond donors (Lipinski definition) is 1. The third-order valence-corrected chi connectivity index (χ3v) is 3.22. The molecule has 0 amide bonds. The van der Waals surface area contributed by atoms with Gasteiger partial charge in [-0.15, -0.1) is 0 Å². The van der Waals surface area contributed by atoms with Crippen LogP contribution in [0.1, 0.15) is 43.6 Å². The summed E-state index contributed by atoms with van der Waals surface area (Å²) in [5, 5.41) is 10.1. The maximum Gasteiger partial charge on any atom is 0.140 e. The zero-order valence-corrected chi connectivity index (χ0v) is 12.2. The van der Waals surface area contributed by atoms with Crippen LogP contribution in [0.25, 0.3) is 0 Å². The molecule has 0 spiro atoms. The molecule has 0 saturated carbocycles. The Bertz CT molecular complexity index is 607. The Hall–Kier alpha value is -2.04. The largest absolute Gasteiger partial charge is 0.376 e. The maximum absolute atomic E-state index is 10.1. The fourth-order valence-electron chi connectivity index (χ4n) is 1.92. The van der Waals surface area contributed by atoms with Gasteiger partial charge in [0.25, 0.3) is 0 Å². The van der Waals surface area contributed by atoms with E-state index in [1.54, 1.807) is 0 Å². The lowest BCUT2D eigenvalue weighted by Gasteiger charge is -2.19. The zero-order chi connectivity index (χ0) is 14.6. The molecule has 2 rings (SSSR count). The lowest BCUT2D eigenvalue weighted by Crippen LogP contribution is -2.10. The lowest BCUT2D eigenvalue weighted by atomic mass is 9.86. The SMILES string of the molecule is CC(C)(C)c1ccc(C(O)C#Cc2ccccc2)cc1. The Labute approximate surface area is 121 Å². The molecule has 1 atom stereocenters. The standard InChI is InChI=1S/C19H20O/c1-19(2,3)17-12-10-16(11-13-17)18(20)14-9-15-7-5-4-6-8-15/h4-8,10-13,18,20H,1-3H3. The highest BCUT2D eigenvalue weighted by molar-refractivity contribution is 5.37. The van der Waals surface area contributed by atoms with Crippen molar-refractivity contribution in [1.29, 1.82) is 0 Å². The Balaban J connectivity index is 2.14. The van der Waals surface area contributed by atoms with Crippen molar-refractivity contribution in [2.45, 2.75) is 32.3 Å². The lowest BCUT2D eigenvalue weighted by molar-refractivity contribution is 0.238. The highest BCUT2D eigenvalue weighted by atomic mass is 16.3. The van der Waals surface area contributed by atoms with Gasteiger partial charge < -0.3 is 5.11 Å². The van der Waals surface area contributed by atoms with Gasteiger partial charge in [-0.2, -0.15) is 0 Å². The summed E-state index contributed by atoms with van der Waals surface area (Å²) in [6.45, 7) is 6.52. The van der Waals surface area contributed by atoms with Crippen molar-refractivity contribution < 1.29 is 5.11 Å². The molecule has 1 nitrogen and oxygen atoms in total. The van der Waals surface area contributed by atoms with Gasteiger partial charge in [-0.1, -0.05) is 75.1 Å². The van der Waals surface area contributed by atoms with Gasteiger partial charge in [0.15, 0.2) is 0 Å². The second-order valence-electron chi connectivity index (χ2n) is 5.91. The second kappa shape index (κ2) is 5.94. The summed E-state index contributed by atoms with van der Waals surface area (Å²) in [7, 11) is 0. The highest BCUT2D eigenvalue weighted by Gasteiger charge is 2.13. The Morgan fingerprint density at radius 2 is 1.50 bits per heavy atom. The number of hydrogen-bond acceptors (Lipinski definition) is 1. The van der Waals surface area contributed by atoms with Gasteiger partial charge in [0.1, 0.15) is 6.10 Å². The predicted molar refractivity (Wildman–Crippen MR) is 83.4 cm³/mol. The van der Waals surface area contributed by atoms with Crippen LogP contribution in [-0.4, -0.2) is 5.11 Å². The number of aliphatic hydroxyl groups is 1. The molecule has 2 aromatic rings. The van der Waals surface area contributed by atoms with Gasteiger partial charge in [0.2, 0.25) is 0 Å². The summed E-state index contributed by atoms with van der Waals surface area (Å²) >= 11 is 0. The summed E-state index contributed by atoms with van der Waals surface area (Å²) < 4.78 is 0. The molecule has 1 unspecified atom stereocenters. The fourth-order valence-corrected chi connectivity index (χ4v) is 1.92. The minimum Gasteiger partial charge on any atom is -0.376 e. The van der Waals surface area contributed by atoms with Crippen LogP contribution >= 0.6 is 0 Å². The molecule has 0 aliphatic heterocycles. The molecule has 0 aliphatic carbocycles. The van der Waals surface area contributed by atoms with Gasteiger partial charge in [0.05, 0.1) is 0 Å². The van der Waals surface area contributed by atoms with Crippen LogP contribution in [0.4, 0.5) is 0 Å². The van der Waals surface area contributed by atoms with Crippen LogP contribution in [0.2, 0.25) is 0 Å². The minimum absolute atomic E-state index is 0.124. The number of rotatable bonds is 1. The molecule has 0 aromatic heterocycles. The van der Waals surface area contributed by atoms with Crippen LogP contribution in [0, 0.1) is 11.8 Å². The normalized spacial score (nSPS) is 12.4. The smallest absolute Gasteiger partial charge is 0.140 e. The molecule has 2 aromatic carbocycles. The van der Waals surface area contributed by atoms with E-state index < -0.39 is 6.10 Å². The zero-order valence-electron chi connectivity index (χ0n) is 12.2. The van der Waals surface area contributed by atoms with Gasteiger partial charge in [0, 0.05) is 5.56 Å². The maximum atomic E-state index is 10.1. The van der Waals surface area contributed by atoms with Crippen LogP contribution in [0.5, 0.6) is 0 Å². The van der Waals surface area contributed by atoms with E-state index in [0.29, 0.717) is 0 Å². The van der Waals surface area contributed by atoms with Crippen molar-refractivity contribution in [2.24, 2.45) is 0 Å². The van der Waals surface area contributed by atoms with E-state index in [4.69, 9.17) is 0 Å². The first-order valence-electron chi connectivity index (χ1n) is 6.82. The molecule has 0 heterocycles. The summed E-state index contributed by atoms with van der Waals surface area (Å²) in [5.41, 5.74) is 3.13. The molecule has 0 fully saturated rings. The third-order valence-electron chi connectivity index (χ3n) is 3.22. The minimum atomic E-state index is -0.746. The molecule has 1 N–H and O–H groups in total. The first-order chi connectivity index (χ1) is 9.47. The van der Waals surface area contributed by atoms with Gasteiger partial charge in [-0.25, -0.2) is 0 Å². The van der Waals surface area contributed by atoms with Crippen LogP contribution < -0.4 is 0 Å². The number of aliphatic hydroxyl groups excluding tert-OH is 1. The Morgan fingerprint density at radius 3 is 2.05 bits per heavy atom. The van der Waals surface area contributed by atoms with Crippen molar-refractivity contribution in [2.75, 3.05) is 0 Å². The topological polar surface area (TPSA) is 20.2 Å². The van der Waals surface area contributed by atoms with Crippen molar-refractivity contribution in [1.82, 2.24) is 0 Å². The van der Waals surface area contributed by atoms with Crippen LogP contribution in [-0.2, 0) is 5.41 Å². The van der Waals surface area contributed by atoms with Crippen LogP contribution in [0.3, 0.4) is 0 Å². The molecule has 0 saturated heterocycles. The molecule has 1 heteroatoms. The molecule has 102 valence electrons. The van der Waals surface area contributed by atoms with E-state index in [0.717, 1.165) is 11.1 Å². The van der Waals surface area contributed by atoms with Gasteiger partial charge >= 0.3 is 0 Å². The van der Waals surface area contributed by atoms with E-state index in [9.17, 15) is 5.11 Å². The van der Waals surface area contributed by atoms with E-state index in [1.807, 2.05) is 42.5 Å². The summed E-state index contributed by atoms with van der Waals surface area (Å²) in [6, 6.07) is 17.7. The average Bonchev–Trinajstić information content (AvgIpc) is 2.45. The average molecular weight is 264 g/mol. The first kappa shape index (κ1) is 14.4.